The lowest BCUT2D eigenvalue weighted by molar-refractivity contribution is 0.599. The molecule has 1 aromatic carbocycles. The van der Waals surface area contributed by atoms with Crippen molar-refractivity contribution in [3.63, 3.8) is 0 Å². The van der Waals surface area contributed by atoms with Crippen LogP contribution in [-0.4, -0.2) is 35.1 Å². The van der Waals surface area contributed by atoms with Gasteiger partial charge in [-0.05, 0) is 49.2 Å². The number of sulfonamides is 1. The molecule has 1 aliphatic heterocycles. The van der Waals surface area contributed by atoms with E-state index in [4.69, 9.17) is 0 Å². The highest BCUT2D eigenvalue weighted by Gasteiger charge is 2.29. The summed E-state index contributed by atoms with van der Waals surface area (Å²) in [5.41, 5.74) is 3.99. The molecular weight excluding hydrogens is 449 g/mol. The van der Waals surface area contributed by atoms with Crippen molar-refractivity contribution < 1.29 is 12.8 Å². The fraction of sp³-hybridized carbons (Fsp3) is 0.273. The van der Waals surface area contributed by atoms with Crippen molar-refractivity contribution in [2.24, 2.45) is 0 Å². The lowest BCUT2D eigenvalue weighted by atomic mass is 10.2. The summed E-state index contributed by atoms with van der Waals surface area (Å²) in [5, 5.41) is 6.28. The number of rotatable bonds is 6. The van der Waals surface area contributed by atoms with Crippen LogP contribution in [0.3, 0.4) is 0 Å². The second-order valence-electron chi connectivity index (χ2n) is 7.60. The molecule has 166 valence electrons. The van der Waals surface area contributed by atoms with Crippen LogP contribution < -0.4 is 9.62 Å². The van der Waals surface area contributed by atoms with Gasteiger partial charge in [-0.3, -0.25) is 8.71 Å². The van der Waals surface area contributed by atoms with Crippen LogP contribution in [0, 0.1) is 5.82 Å². The number of imidazole rings is 1. The minimum Gasteiger partial charge on any atom is -0.363 e. The van der Waals surface area contributed by atoms with E-state index in [2.05, 4.69) is 15.3 Å². The van der Waals surface area contributed by atoms with Crippen LogP contribution in [0.15, 0.2) is 48.0 Å². The van der Waals surface area contributed by atoms with Crippen molar-refractivity contribution in [1.29, 1.82) is 0 Å². The summed E-state index contributed by atoms with van der Waals surface area (Å²) >= 11 is 1.53. The molecule has 3 aromatic heterocycles. The number of thiazole rings is 1. The summed E-state index contributed by atoms with van der Waals surface area (Å²) < 4.78 is 41.3. The Hall–Kier alpha value is -2.98. The highest BCUT2D eigenvalue weighted by atomic mass is 32.2. The highest BCUT2D eigenvalue weighted by molar-refractivity contribution is 7.93. The Kier molecular flexibility index (Phi) is 5.34. The molecule has 4 heterocycles. The zero-order valence-electron chi connectivity index (χ0n) is 17.5. The predicted molar refractivity (Wildman–Crippen MR) is 125 cm³/mol. The molecule has 0 radical (unpaired) electrons. The Morgan fingerprint density at radius 2 is 1.97 bits per heavy atom. The average Bonchev–Trinajstić information content (AvgIpc) is 3.48. The molecule has 0 atom stereocenters. The molecule has 32 heavy (non-hydrogen) atoms. The number of aromatic nitrogens is 3. The maximum Gasteiger partial charge on any atom is 0.235 e. The van der Waals surface area contributed by atoms with Crippen molar-refractivity contribution in [3.8, 4) is 11.3 Å². The third-order valence-electron chi connectivity index (χ3n) is 5.50. The molecule has 10 heteroatoms. The number of anilines is 2. The number of halogens is 1. The maximum atomic E-state index is 13.2. The second kappa shape index (κ2) is 8.18. The number of nitrogens with zero attached hydrogens (tertiary/aromatic N) is 4. The standard InChI is InChI=1S/C22H22FN5O2S2/c1-2-18-22(24-12-21-26-19(14-31-21)15-4-6-16(23)7-5-15)27-13-17(8-9-20(27)25-18)28-10-3-11-32(28,29)30/h4-9,13-14,24H,2-3,10-12H2,1H3. The summed E-state index contributed by atoms with van der Waals surface area (Å²) in [6, 6.07) is 9.95. The number of nitrogens with one attached hydrogen (secondary N) is 1. The second-order valence-corrected chi connectivity index (χ2v) is 10.6. The minimum absolute atomic E-state index is 0.181. The van der Waals surface area contributed by atoms with E-state index < -0.39 is 10.0 Å². The fourth-order valence-corrected chi connectivity index (χ4v) is 6.19. The SMILES string of the molecule is CCc1nc2ccc(N3CCCS3(=O)=O)cn2c1NCc1nc(-c2ccc(F)cc2)cs1. The molecule has 0 saturated carbocycles. The molecule has 1 N–H and O–H groups in total. The van der Waals surface area contributed by atoms with Crippen molar-refractivity contribution in [1.82, 2.24) is 14.4 Å². The molecular formula is C22H22FN5O2S2. The van der Waals surface area contributed by atoms with Crippen LogP contribution in [0.1, 0.15) is 24.0 Å². The van der Waals surface area contributed by atoms with Crippen LogP contribution in [0.25, 0.3) is 16.9 Å². The van der Waals surface area contributed by atoms with Gasteiger partial charge in [0, 0.05) is 23.7 Å². The number of hydrogen-bond acceptors (Lipinski definition) is 6. The van der Waals surface area contributed by atoms with E-state index in [0.717, 1.165) is 39.8 Å². The summed E-state index contributed by atoms with van der Waals surface area (Å²) in [7, 11) is -3.25. The van der Waals surface area contributed by atoms with Crippen LogP contribution in [-0.2, 0) is 23.0 Å². The largest absolute Gasteiger partial charge is 0.363 e. The monoisotopic (exact) mass is 471 g/mol. The first kappa shape index (κ1) is 20.9. The van der Waals surface area contributed by atoms with E-state index in [9.17, 15) is 12.8 Å². The molecule has 7 nitrogen and oxygen atoms in total. The van der Waals surface area contributed by atoms with Gasteiger partial charge in [-0.1, -0.05) is 6.92 Å². The van der Waals surface area contributed by atoms with Crippen molar-refractivity contribution in [3.05, 3.63) is 64.5 Å². The number of hydrogen-bond donors (Lipinski definition) is 1. The van der Waals surface area contributed by atoms with E-state index in [-0.39, 0.29) is 11.6 Å². The molecule has 0 aliphatic carbocycles. The Morgan fingerprint density at radius 1 is 1.16 bits per heavy atom. The van der Waals surface area contributed by atoms with Gasteiger partial charge in [0.25, 0.3) is 0 Å². The topological polar surface area (TPSA) is 79.6 Å². The average molecular weight is 472 g/mol. The Balaban J connectivity index is 1.42. The summed E-state index contributed by atoms with van der Waals surface area (Å²) in [6.45, 7) is 3.03. The molecule has 1 saturated heterocycles. The summed E-state index contributed by atoms with van der Waals surface area (Å²) in [5.74, 6) is 0.743. The van der Waals surface area contributed by atoms with Crippen molar-refractivity contribution >= 4 is 38.5 Å². The lowest BCUT2D eigenvalue weighted by Gasteiger charge is -2.17. The minimum atomic E-state index is -3.25. The third-order valence-corrected chi connectivity index (χ3v) is 8.21. The van der Waals surface area contributed by atoms with Gasteiger partial charge in [0.15, 0.2) is 0 Å². The molecule has 5 rings (SSSR count). The van der Waals surface area contributed by atoms with Gasteiger partial charge in [-0.15, -0.1) is 11.3 Å². The zero-order valence-corrected chi connectivity index (χ0v) is 19.1. The molecule has 1 aliphatic rings. The summed E-state index contributed by atoms with van der Waals surface area (Å²) in [6.07, 6.45) is 3.20. The Labute approximate surface area is 189 Å². The van der Waals surface area contributed by atoms with Crippen LogP contribution in [0.4, 0.5) is 15.9 Å². The first-order valence-corrected chi connectivity index (χ1v) is 12.9. The molecule has 0 spiro atoms. The quantitative estimate of drug-likeness (QED) is 0.453. The van der Waals surface area contributed by atoms with Crippen LogP contribution >= 0.6 is 11.3 Å². The van der Waals surface area contributed by atoms with E-state index in [1.54, 1.807) is 12.1 Å². The number of fused-ring (bicyclic) bond motifs is 1. The van der Waals surface area contributed by atoms with Gasteiger partial charge >= 0.3 is 0 Å². The first-order chi connectivity index (χ1) is 15.4. The van der Waals surface area contributed by atoms with Gasteiger partial charge < -0.3 is 5.32 Å². The molecule has 0 amide bonds. The zero-order chi connectivity index (χ0) is 22.3. The fourth-order valence-electron chi connectivity index (χ4n) is 3.90. The smallest absolute Gasteiger partial charge is 0.235 e. The first-order valence-electron chi connectivity index (χ1n) is 10.4. The van der Waals surface area contributed by atoms with Crippen LogP contribution in [0.5, 0.6) is 0 Å². The molecule has 0 unspecified atom stereocenters. The van der Waals surface area contributed by atoms with E-state index in [1.807, 2.05) is 35.0 Å². The van der Waals surface area contributed by atoms with Crippen molar-refractivity contribution in [2.75, 3.05) is 21.9 Å². The van der Waals surface area contributed by atoms with E-state index >= 15 is 0 Å². The van der Waals surface area contributed by atoms with Crippen molar-refractivity contribution in [2.45, 2.75) is 26.3 Å². The van der Waals surface area contributed by atoms with Gasteiger partial charge in [-0.25, -0.2) is 22.8 Å². The number of aryl methyl sites for hydroxylation is 1. The molecule has 1 fully saturated rings. The molecule has 4 aromatic rings. The Morgan fingerprint density at radius 3 is 2.69 bits per heavy atom. The van der Waals surface area contributed by atoms with E-state index in [0.29, 0.717) is 25.2 Å². The predicted octanol–water partition coefficient (Wildman–Crippen LogP) is 4.31. The van der Waals surface area contributed by atoms with Gasteiger partial charge in [0.05, 0.1) is 29.4 Å². The highest BCUT2D eigenvalue weighted by Crippen LogP contribution is 2.28. The van der Waals surface area contributed by atoms with Gasteiger partial charge in [0.2, 0.25) is 10.0 Å². The number of benzene rings is 1. The third kappa shape index (κ3) is 3.84. The maximum absolute atomic E-state index is 13.2. The summed E-state index contributed by atoms with van der Waals surface area (Å²) in [4.78, 5) is 9.35. The number of pyridine rings is 1. The van der Waals surface area contributed by atoms with Crippen LogP contribution in [0.2, 0.25) is 0 Å². The van der Waals surface area contributed by atoms with E-state index in [1.165, 1.54) is 27.8 Å². The Bertz CT molecular complexity index is 1380. The van der Waals surface area contributed by atoms with Gasteiger partial charge in [0.1, 0.15) is 22.3 Å². The van der Waals surface area contributed by atoms with Gasteiger partial charge in [-0.2, -0.15) is 0 Å². The normalized spacial score (nSPS) is 15.5. The lowest BCUT2D eigenvalue weighted by Crippen LogP contribution is -2.25. The molecule has 0 bridgehead atoms.